The zero-order valence-electron chi connectivity index (χ0n) is 11.5. The lowest BCUT2D eigenvalue weighted by Crippen LogP contribution is -2.48. The molecule has 1 aliphatic heterocycles. The quantitative estimate of drug-likeness (QED) is 0.907. The average molecular weight is 277 g/mol. The van der Waals surface area contributed by atoms with Crippen molar-refractivity contribution >= 4 is 11.9 Å². The summed E-state index contributed by atoms with van der Waals surface area (Å²) in [6.45, 7) is 3.85. The Balaban J connectivity index is 2.01. The maximum Gasteiger partial charge on any atom is 0.335 e. The van der Waals surface area contributed by atoms with Crippen LogP contribution >= 0.6 is 0 Å². The summed E-state index contributed by atoms with van der Waals surface area (Å²) in [5, 5.41) is 8.84. The summed E-state index contributed by atoms with van der Waals surface area (Å²) in [4.78, 5) is 25.0. The van der Waals surface area contributed by atoms with Crippen LogP contribution in [-0.4, -0.2) is 47.7 Å². The molecule has 1 saturated heterocycles. The fourth-order valence-corrected chi connectivity index (χ4v) is 2.36. The lowest BCUT2D eigenvalue weighted by atomic mass is 10.1. The van der Waals surface area contributed by atoms with Crippen LogP contribution in [0.15, 0.2) is 24.3 Å². The molecule has 1 N–H and O–H groups in total. The van der Waals surface area contributed by atoms with Gasteiger partial charge in [0.1, 0.15) is 0 Å². The number of nitrogens with zero attached hydrogens (tertiary/aromatic N) is 1. The predicted molar refractivity (Wildman–Crippen MR) is 73.7 cm³/mol. The van der Waals surface area contributed by atoms with E-state index in [1.807, 2.05) is 11.8 Å². The van der Waals surface area contributed by atoms with Crippen molar-refractivity contribution in [1.82, 2.24) is 4.90 Å². The summed E-state index contributed by atoms with van der Waals surface area (Å²) >= 11 is 0. The molecule has 5 nitrogen and oxygen atoms in total. The summed E-state index contributed by atoms with van der Waals surface area (Å²) in [7, 11) is 0. The molecule has 2 rings (SSSR count). The van der Waals surface area contributed by atoms with Crippen LogP contribution in [0.3, 0.4) is 0 Å². The molecule has 20 heavy (non-hydrogen) atoms. The maximum absolute atomic E-state index is 12.3. The first-order valence-electron chi connectivity index (χ1n) is 6.81. The van der Waals surface area contributed by atoms with Gasteiger partial charge in [-0.05, 0) is 24.1 Å². The van der Waals surface area contributed by atoms with Gasteiger partial charge in [-0.3, -0.25) is 4.79 Å². The van der Waals surface area contributed by atoms with Crippen LogP contribution in [0.1, 0.15) is 29.3 Å². The SMILES string of the molecule is CCC1COCCN1C(=O)Cc1ccc(C(=O)O)cc1. The van der Waals surface area contributed by atoms with E-state index in [1.54, 1.807) is 12.1 Å². The smallest absolute Gasteiger partial charge is 0.335 e. The molecule has 0 saturated carbocycles. The van der Waals surface area contributed by atoms with Crippen LogP contribution in [0.2, 0.25) is 0 Å². The molecular weight excluding hydrogens is 258 g/mol. The number of carbonyl (C=O) groups excluding carboxylic acids is 1. The molecule has 1 amide bonds. The van der Waals surface area contributed by atoms with Crippen molar-refractivity contribution in [2.45, 2.75) is 25.8 Å². The second-order valence-corrected chi connectivity index (χ2v) is 4.90. The minimum atomic E-state index is -0.956. The van der Waals surface area contributed by atoms with Gasteiger partial charge in [0, 0.05) is 6.54 Å². The van der Waals surface area contributed by atoms with Gasteiger partial charge in [0.05, 0.1) is 31.2 Å². The highest BCUT2D eigenvalue weighted by Gasteiger charge is 2.25. The Hall–Kier alpha value is -1.88. The van der Waals surface area contributed by atoms with Gasteiger partial charge < -0.3 is 14.7 Å². The first-order chi connectivity index (χ1) is 9.61. The first-order valence-corrected chi connectivity index (χ1v) is 6.81. The monoisotopic (exact) mass is 277 g/mol. The minimum absolute atomic E-state index is 0.0724. The highest BCUT2D eigenvalue weighted by molar-refractivity contribution is 5.87. The van der Waals surface area contributed by atoms with E-state index in [2.05, 4.69) is 0 Å². The van der Waals surface area contributed by atoms with Gasteiger partial charge in [-0.1, -0.05) is 19.1 Å². The molecule has 1 atom stereocenters. The van der Waals surface area contributed by atoms with E-state index < -0.39 is 5.97 Å². The van der Waals surface area contributed by atoms with Gasteiger partial charge in [0.2, 0.25) is 5.91 Å². The molecule has 0 spiro atoms. The number of ether oxygens (including phenoxy) is 1. The average Bonchev–Trinajstić information content (AvgIpc) is 2.47. The van der Waals surface area contributed by atoms with Crippen molar-refractivity contribution < 1.29 is 19.4 Å². The molecule has 0 radical (unpaired) electrons. The molecule has 1 aromatic carbocycles. The number of carboxylic acid groups (broad SMARTS) is 1. The molecule has 5 heteroatoms. The summed E-state index contributed by atoms with van der Waals surface area (Å²) in [5.41, 5.74) is 1.07. The van der Waals surface area contributed by atoms with Gasteiger partial charge in [0.15, 0.2) is 0 Å². The molecule has 0 aromatic heterocycles. The zero-order valence-corrected chi connectivity index (χ0v) is 11.5. The minimum Gasteiger partial charge on any atom is -0.478 e. The third-order valence-corrected chi connectivity index (χ3v) is 3.58. The number of carboxylic acids is 1. The van der Waals surface area contributed by atoms with Crippen molar-refractivity contribution in [3.05, 3.63) is 35.4 Å². The standard InChI is InChI=1S/C15H19NO4/c1-2-13-10-20-8-7-16(13)14(17)9-11-3-5-12(6-4-11)15(18)19/h3-6,13H,2,7-10H2,1H3,(H,18,19). The molecule has 0 aliphatic carbocycles. The number of carbonyl (C=O) groups is 2. The fourth-order valence-electron chi connectivity index (χ4n) is 2.36. The Labute approximate surface area is 118 Å². The Morgan fingerprint density at radius 3 is 2.65 bits per heavy atom. The molecule has 1 aliphatic rings. The third kappa shape index (κ3) is 3.36. The molecule has 0 bridgehead atoms. The fraction of sp³-hybridized carbons (Fsp3) is 0.467. The van der Waals surface area contributed by atoms with Crippen molar-refractivity contribution in [3.63, 3.8) is 0 Å². The zero-order chi connectivity index (χ0) is 14.5. The van der Waals surface area contributed by atoms with Crippen molar-refractivity contribution in [3.8, 4) is 0 Å². The Bertz CT molecular complexity index is 483. The van der Waals surface area contributed by atoms with Crippen molar-refractivity contribution in [2.75, 3.05) is 19.8 Å². The maximum atomic E-state index is 12.3. The number of morpholine rings is 1. The third-order valence-electron chi connectivity index (χ3n) is 3.58. The topological polar surface area (TPSA) is 66.8 Å². The number of hydrogen-bond acceptors (Lipinski definition) is 3. The molecular formula is C15H19NO4. The molecule has 1 unspecified atom stereocenters. The lowest BCUT2D eigenvalue weighted by Gasteiger charge is -2.35. The first kappa shape index (κ1) is 14.5. The number of benzene rings is 1. The van der Waals surface area contributed by atoms with Crippen LogP contribution in [0, 0.1) is 0 Å². The highest BCUT2D eigenvalue weighted by atomic mass is 16.5. The van der Waals surface area contributed by atoms with Gasteiger partial charge >= 0.3 is 5.97 Å². The summed E-state index contributed by atoms with van der Waals surface area (Å²) in [5.74, 6) is -0.884. The molecule has 1 fully saturated rings. The van der Waals surface area contributed by atoms with Crippen molar-refractivity contribution in [1.29, 1.82) is 0 Å². The van der Waals surface area contributed by atoms with E-state index in [0.29, 0.717) is 26.2 Å². The van der Waals surface area contributed by atoms with E-state index in [-0.39, 0.29) is 17.5 Å². The highest BCUT2D eigenvalue weighted by Crippen LogP contribution is 2.13. The summed E-state index contributed by atoms with van der Waals surface area (Å²) in [6.07, 6.45) is 1.18. The number of aromatic carboxylic acids is 1. The van der Waals surface area contributed by atoms with Crippen LogP contribution in [0.5, 0.6) is 0 Å². The Morgan fingerprint density at radius 1 is 1.35 bits per heavy atom. The van der Waals surface area contributed by atoms with Crippen LogP contribution in [0.4, 0.5) is 0 Å². The summed E-state index contributed by atoms with van der Waals surface area (Å²) < 4.78 is 5.39. The molecule has 1 heterocycles. The number of rotatable bonds is 4. The van der Waals surface area contributed by atoms with Gasteiger partial charge in [-0.2, -0.15) is 0 Å². The van der Waals surface area contributed by atoms with E-state index in [4.69, 9.17) is 9.84 Å². The van der Waals surface area contributed by atoms with Crippen LogP contribution in [0.25, 0.3) is 0 Å². The number of hydrogen-bond donors (Lipinski definition) is 1. The lowest BCUT2D eigenvalue weighted by molar-refractivity contribution is -0.139. The van der Waals surface area contributed by atoms with E-state index >= 15 is 0 Å². The van der Waals surface area contributed by atoms with E-state index in [9.17, 15) is 9.59 Å². The van der Waals surface area contributed by atoms with Crippen LogP contribution < -0.4 is 0 Å². The van der Waals surface area contributed by atoms with E-state index in [0.717, 1.165) is 12.0 Å². The molecule has 1 aromatic rings. The second kappa shape index (κ2) is 6.52. The van der Waals surface area contributed by atoms with Gasteiger partial charge in [-0.25, -0.2) is 4.79 Å². The Kier molecular flexibility index (Phi) is 4.74. The largest absolute Gasteiger partial charge is 0.478 e. The Morgan fingerprint density at radius 2 is 2.05 bits per heavy atom. The van der Waals surface area contributed by atoms with E-state index in [1.165, 1.54) is 12.1 Å². The second-order valence-electron chi connectivity index (χ2n) is 4.90. The predicted octanol–water partition coefficient (Wildman–Crippen LogP) is 1.56. The van der Waals surface area contributed by atoms with Gasteiger partial charge in [0.25, 0.3) is 0 Å². The normalized spacial score (nSPS) is 18.9. The van der Waals surface area contributed by atoms with Gasteiger partial charge in [-0.15, -0.1) is 0 Å². The van der Waals surface area contributed by atoms with Crippen LogP contribution in [-0.2, 0) is 16.0 Å². The molecule has 108 valence electrons. The van der Waals surface area contributed by atoms with Crippen molar-refractivity contribution in [2.24, 2.45) is 0 Å². The number of amides is 1. The summed E-state index contributed by atoms with van der Waals surface area (Å²) in [6, 6.07) is 6.60.